The normalized spacial score (nSPS) is 11.1. The lowest BCUT2D eigenvalue weighted by atomic mass is 10.1. The summed E-state index contributed by atoms with van der Waals surface area (Å²) in [5, 5.41) is 0. The van der Waals surface area contributed by atoms with Crippen molar-refractivity contribution in [3.8, 4) is 11.4 Å². The minimum atomic E-state index is -0.286. The van der Waals surface area contributed by atoms with E-state index in [1.54, 1.807) is 6.07 Å². The van der Waals surface area contributed by atoms with Gasteiger partial charge in [-0.2, -0.15) is 0 Å². The molecule has 3 aromatic rings. The topological polar surface area (TPSA) is 28.7 Å². The Hall–Kier alpha value is -1.68. The first kappa shape index (κ1) is 12.4. The Bertz CT molecular complexity index is 710. The van der Waals surface area contributed by atoms with Crippen LogP contribution in [-0.4, -0.2) is 9.97 Å². The number of nitrogens with zero attached hydrogens (tertiary/aromatic N) is 1. The van der Waals surface area contributed by atoms with Crippen LogP contribution < -0.4 is 0 Å². The zero-order chi connectivity index (χ0) is 13.4. The number of aryl methyl sites for hydroxylation is 1. The van der Waals surface area contributed by atoms with Crippen molar-refractivity contribution in [2.45, 2.75) is 13.3 Å². The number of benzene rings is 2. The van der Waals surface area contributed by atoms with Crippen molar-refractivity contribution >= 4 is 27.0 Å². The highest BCUT2D eigenvalue weighted by Crippen LogP contribution is 2.27. The van der Waals surface area contributed by atoms with Gasteiger partial charge in [-0.3, -0.25) is 0 Å². The van der Waals surface area contributed by atoms with Gasteiger partial charge in [0.25, 0.3) is 0 Å². The minimum Gasteiger partial charge on any atom is -0.338 e. The van der Waals surface area contributed by atoms with Crippen LogP contribution in [0.4, 0.5) is 4.39 Å². The highest BCUT2D eigenvalue weighted by Gasteiger charge is 2.10. The number of nitrogens with one attached hydrogen (secondary N) is 1. The second kappa shape index (κ2) is 4.78. The van der Waals surface area contributed by atoms with Gasteiger partial charge in [0.1, 0.15) is 11.6 Å². The van der Waals surface area contributed by atoms with E-state index in [9.17, 15) is 4.39 Å². The van der Waals surface area contributed by atoms with E-state index in [4.69, 9.17) is 0 Å². The Morgan fingerprint density at radius 3 is 2.84 bits per heavy atom. The van der Waals surface area contributed by atoms with Crippen LogP contribution in [0.2, 0.25) is 0 Å². The van der Waals surface area contributed by atoms with E-state index in [1.165, 1.54) is 11.6 Å². The second-order valence-corrected chi connectivity index (χ2v) is 5.23. The van der Waals surface area contributed by atoms with E-state index in [1.807, 2.05) is 18.2 Å². The van der Waals surface area contributed by atoms with Crippen LogP contribution in [0.1, 0.15) is 12.5 Å². The van der Waals surface area contributed by atoms with Crippen molar-refractivity contribution in [2.24, 2.45) is 0 Å². The van der Waals surface area contributed by atoms with Crippen LogP contribution in [-0.2, 0) is 6.42 Å². The van der Waals surface area contributed by atoms with Gasteiger partial charge in [0.05, 0.1) is 15.5 Å². The summed E-state index contributed by atoms with van der Waals surface area (Å²) in [4.78, 5) is 7.72. The fourth-order valence-electron chi connectivity index (χ4n) is 2.19. The van der Waals surface area contributed by atoms with E-state index >= 15 is 0 Å². The van der Waals surface area contributed by atoms with Crippen molar-refractivity contribution in [2.75, 3.05) is 0 Å². The number of H-pyrrole nitrogens is 1. The molecule has 96 valence electrons. The zero-order valence-corrected chi connectivity index (χ0v) is 12.0. The first-order chi connectivity index (χ1) is 9.19. The fraction of sp³-hybridized carbons (Fsp3) is 0.133. The second-order valence-electron chi connectivity index (χ2n) is 4.38. The van der Waals surface area contributed by atoms with Crippen molar-refractivity contribution in [1.29, 1.82) is 0 Å². The smallest absolute Gasteiger partial charge is 0.139 e. The summed E-state index contributed by atoms with van der Waals surface area (Å²) in [7, 11) is 0. The van der Waals surface area contributed by atoms with Crippen molar-refractivity contribution in [3.63, 3.8) is 0 Å². The molecule has 2 aromatic carbocycles. The van der Waals surface area contributed by atoms with E-state index in [2.05, 4.69) is 38.9 Å². The molecule has 0 aliphatic heterocycles. The molecule has 0 saturated carbocycles. The molecule has 0 spiro atoms. The maximum absolute atomic E-state index is 13.5. The number of aromatic nitrogens is 2. The van der Waals surface area contributed by atoms with Crippen LogP contribution in [0.3, 0.4) is 0 Å². The van der Waals surface area contributed by atoms with Crippen molar-refractivity contribution in [1.82, 2.24) is 9.97 Å². The third-order valence-corrected chi connectivity index (χ3v) is 3.79. The summed E-state index contributed by atoms with van der Waals surface area (Å²) >= 11 is 3.18. The summed E-state index contributed by atoms with van der Waals surface area (Å²) in [6.45, 7) is 2.11. The molecule has 0 aliphatic carbocycles. The summed E-state index contributed by atoms with van der Waals surface area (Å²) < 4.78 is 13.9. The Labute approximate surface area is 118 Å². The molecule has 0 unspecified atom stereocenters. The lowest BCUT2D eigenvalue weighted by molar-refractivity contribution is 0.623. The Morgan fingerprint density at radius 2 is 2.05 bits per heavy atom. The Morgan fingerprint density at radius 1 is 1.26 bits per heavy atom. The third-order valence-electron chi connectivity index (χ3n) is 3.18. The molecule has 0 radical (unpaired) electrons. The number of fused-ring (bicyclic) bond motifs is 1. The van der Waals surface area contributed by atoms with Crippen LogP contribution in [0.15, 0.2) is 40.9 Å². The standard InChI is InChI=1S/C15H12BrFN2/c1-2-9-5-3-4-6-10(9)15-18-13-7-11(16)12(17)8-14(13)19-15/h3-8H,2H2,1H3,(H,18,19). The Kier molecular flexibility index (Phi) is 3.11. The zero-order valence-electron chi connectivity index (χ0n) is 10.4. The van der Waals surface area contributed by atoms with Gasteiger partial charge in [0.15, 0.2) is 0 Å². The van der Waals surface area contributed by atoms with Gasteiger partial charge in [0, 0.05) is 11.6 Å². The molecular formula is C15H12BrFN2. The summed E-state index contributed by atoms with van der Waals surface area (Å²) in [5.74, 6) is 0.497. The molecule has 0 atom stereocenters. The highest BCUT2D eigenvalue weighted by molar-refractivity contribution is 9.10. The largest absolute Gasteiger partial charge is 0.338 e. The summed E-state index contributed by atoms with van der Waals surface area (Å²) in [5.41, 5.74) is 3.76. The van der Waals surface area contributed by atoms with Crippen LogP contribution >= 0.6 is 15.9 Å². The monoisotopic (exact) mass is 318 g/mol. The molecule has 4 heteroatoms. The average molecular weight is 319 g/mol. The van der Waals surface area contributed by atoms with Gasteiger partial charge in [-0.25, -0.2) is 9.37 Å². The first-order valence-corrected chi connectivity index (χ1v) is 6.91. The molecule has 3 rings (SSSR count). The van der Waals surface area contributed by atoms with Gasteiger partial charge < -0.3 is 4.98 Å². The van der Waals surface area contributed by atoms with Crippen molar-refractivity contribution < 1.29 is 4.39 Å². The molecule has 1 N–H and O–H groups in total. The number of imidazole rings is 1. The van der Waals surface area contributed by atoms with Crippen LogP contribution in [0.5, 0.6) is 0 Å². The quantitative estimate of drug-likeness (QED) is 0.729. The third kappa shape index (κ3) is 2.16. The molecule has 1 aromatic heterocycles. The molecule has 2 nitrogen and oxygen atoms in total. The molecule has 0 bridgehead atoms. The van der Waals surface area contributed by atoms with E-state index in [0.29, 0.717) is 9.99 Å². The van der Waals surface area contributed by atoms with E-state index in [-0.39, 0.29) is 5.82 Å². The Balaban J connectivity index is 2.20. The molecular weight excluding hydrogens is 307 g/mol. The first-order valence-electron chi connectivity index (χ1n) is 6.12. The van der Waals surface area contributed by atoms with Gasteiger partial charge in [-0.15, -0.1) is 0 Å². The molecule has 1 heterocycles. The average Bonchev–Trinajstić information content (AvgIpc) is 2.82. The van der Waals surface area contributed by atoms with E-state index < -0.39 is 0 Å². The molecule has 0 saturated heterocycles. The SMILES string of the molecule is CCc1ccccc1-c1nc2cc(Br)c(F)cc2[nH]1. The summed E-state index contributed by atoms with van der Waals surface area (Å²) in [6.07, 6.45) is 0.936. The molecule has 0 aliphatic rings. The molecule has 0 fully saturated rings. The number of rotatable bonds is 2. The van der Waals surface area contributed by atoms with Gasteiger partial charge >= 0.3 is 0 Å². The van der Waals surface area contributed by atoms with Gasteiger partial charge in [0.2, 0.25) is 0 Å². The summed E-state index contributed by atoms with van der Waals surface area (Å²) in [6, 6.07) is 11.3. The highest BCUT2D eigenvalue weighted by atomic mass is 79.9. The maximum atomic E-state index is 13.5. The lowest BCUT2D eigenvalue weighted by Gasteiger charge is -2.03. The number of aromatic amines is 1. The number of hydrogen-bond acceptors (Lipinski definition) is 1. The predicted octanol–water partition coefficient (Wildman–Crippen LogP) is 4.69. The number of hydrogen-bond donors (Lipinski definition) is 1. The minimum absolute atomic E-state index is 0.286. The van der Waals surface area contributed by atoms with Crippen LogP contribution in [0, 0.1) is 5.82 Å². The number of halogens is 2. The van der Waals surface area contributed by atoms with Gasteiger partial charge in [-0.1, -0.05) is 31.2 Å². The van der Waals surface area contributed by atoms with Crippen LogP contribution in [0.25, 0.3) is 22.4 Å². The van der Waals surface area contributed by atoms with Crippen molar-refractivity contribution in [3.05, 3.63) is 52.3 Å². The molecule has 19 heavy (non-hydrogen) atoms. The van der Waals surface area contributed by atoms with E-state index in [0.717, 1.165) is 23.3 Å². The van der Waals surface area contributed by atoms with Gasteiger partial charge in [-0.05, 0) is 34.0 Å². The fourth-order valence-corrected chi connectivity index (χ4v) is 2.52. The predicted molar refractivity (Wildman–Crippen MR) is 78.6 cm³/mol. The maximum Gasteiger partial charge on any atom is 0.139 e. The lowest BCUT2D eigenvalue weighted by Crippen LogP contribution is -1.88. The molecule has 0 amide bonds.